The average molecular weight is 205 g/mol. The molecule has 72 valence electrons. The van der Waals surface area contributed by atoms with Gasteiger partial charge in [-0.3, -0.25) is 0 Å². The Morgan fingerprint density at radius 1 is 1.00 bits per heavy atom. The standard InChI is InChI=1S/C13H13Cl/c1-2-3-10-4-5-12-9-13(14)7-6-11(12)8-10/h4-9H,2-3H2,1H3. The predicted octanol–water partition coefficient (Wildman–Crippen LogP) is 4.45. The summed E-state index contributed by atoms with van der Waals surface area (Å²) in [6, 6.07) is 12.6. The molecule has 0 aliphatic carbocycles. The molecule has 0 bridgehead atoms. The molecule has 1 heteroatoms. The van der Waals surface area contributed by atoms with E-state index < -0.39 is 0 Å². The van der Waals surface area contributed by atoms with Gasteiger partial charge in [0.25, 0.3) is 0 Å². The van der Waals surface area contributed by atoms with Gasteiger partial charge in [0.1, 0.15) is 0 Å². The van der Waals surface area contributed by atoms with Crippen LogP contribution in [0.4, 0.5) is 0 Å². The van der Waals surface area contributed by atoms with Crippen molar-refractivity contribution in [3.8, 4) is 0 Å². The number of fused-ring (bicyclic) bond motifs is 1. The molecule has 0 nitrogen and oxygen atoms in total. The first-order valence-electron chi connectivity index (χ1n) is 4.98. The van der Waals surface area contributed by atoms with Crippen LogP contribution < -0.4 is 0 Å². The zero-order valence-corrected chi connectivity index (χ0v) is 9.01. The molecule has 0 heterocycles. The Morgan fingerprint density at radius 2 is 1.71 bits per heavy atom. The molecular formula is C13H13Cl. The minimum absolute atomic E-state index is 0.806. The highest BCUT2D eigenvalue weighted by Gasteiger charge is 1.96. The van der Waals surface area contributed by atoms with Crippen LogP contribution in [0.3, 0.4) is 0 Å². The van der Waals surface area contributed by atoms with E-state index >= 15 is 0 Å². The second kappa shape index (κ2) is 4.02. The van der Waals surface area contributed by atoms with Gasteiger partial charge in [-0.1, -0.05) is 49.2 Å². The minimum atomic E-state index is 0.806. The van der Waals surface area contributed by atoms with E-state index in [1.165, 1.54) is 22.8 Å². The molecule has 0 amide bonds. The Kier molecular flexibility index (Phi) is 2.74. The quantitative estimate of drug-likeness (QED) is 0.678. The van der Waals surface area contributed by atoms with Crippen molar-refractivity contribution in [2.24, 2.45) is 0 Å². The summed E-state index contributed by atoms with van der Waals surface area (Å²) in [5.74, 6) is 0. The van der Waals surface area contributed by atoms with E-state index in [0.29, 0.717) is 0 Å². The Bertz CT molecular complexity index is 446. The second-order valence-corrected chi connectivity index (χ2v) is 4.01. The molecule has 0 aromatic heterocycles. The number of hydrogen-bond acceptors (Lipinski definition) is 0. The lowest BCUT2D eigenvalue weighted by Crippen LogP contribution is -1.82. The summed E-state index contributed by atoms with van der Waals surface area (Å²) in [4.78, 5) is 0. The summed E-state index contributed by atoms with van der Waals surface area (Å²) < 4.78 is 0. The molecule has 0 radical (unpaired) electrons. The van der Waals surface area contributed by atoms with Crippen LogP contribution in [0, 0.1) is 0 Å². The number of benzene rings is 2. The summed E-state index contributed by atoms with van der Waals surface area (Å²) >= 11 is 5.92. The first-order valence-corrected chi connectivity index (χ1v) is 5.35. The van der Waals surface area contributed by atoms with Crippen LogP contribution in [0.25, 0.3) is 10.8 Å². The molecule has 0 unspecified atom stereocenters. The maximum Gasteiger partial charge on any atom is 0.0412 e. The Morgan fingerprint density at radius 3 is 2.50 bits per heavy atom. The molecule has 0 saturated carbocycles. The van der Waals surface area contributed by atoms with Crippen molar-refractivity contribution in [3.63, 3.8) is 0 Å². The normalized spacial score (nSPS) is 10.7. The highest BCUT2D eigenvalue weighted by atomic mass is 35.5. The number of halogens is 1. The Hall–Kier alpha value is -1.01. The fourth-order valence-corrected chi connectivity index (χ4v) is 1.89. The number of aryl methyl sites for hydroxylation is 1. The third-order valence-electron chi connectivity index (χ3n) is 2.41. The van der Waals surface area contributed by atoms with Crippen LogP contribution in [0.1, 0.15) is 18.9 Å². The molecule has 2 aromatic rings. The van der Waals surface area contributed by atoms with Crippen molar-refractivity contribution in [3.05, 3.63) is 47.0 Å². The van der Waals surface area contributed by atoms with Gasteiger partial charge in [0.2, 0.25) is 0 Å². The van der Waals surface area contributed by atoms with Crippen molar-refractivity contribution in [2.45, 2.75) is 19.8 Å². The van der Waals surface area contributed by atoms with Gasteiger partial charge in [-0.2, -0.15) is 0 Å². The minimum Gasteiger partial charge on any atom is -0.0843 e. The summed E-state index contributed by atoms with van der Waals surface area (Å²) in [5, 5.41) is 3.30. The van der Waals surface area contributed by atoms with Crippen molar-refractivity contribution < 1.29 is 0 Å². The van der Waals surface area contributed by atoms with E-state index in [4.69, 9.17) is 11.6 Å². The predicted molar refractivity (Wildman–Crippen MR) is 63.0 cm³/mol. The molecule has 0 fully saturated rings. The largest absolute Gasteiger partial charge is 0.0843 e. The van der Waals surface area contributed by atoms with E-state index in [1.807, 2.05) is 12.1 Å². The van der Waals surface area contributed by atoms with Gasteiger partial charge >= 0.3 is 0 Å². The van der Waals surface area contributed by atoms with E-state index in [1.54, 1.807) is 0 Å². The van der Waals surface area contributed by atoms with Crippen molar-refractivity contribution in [1.29, 1.82) is 0 Å². The maximum atomic E-state index is 5.92. The zero-order valence-electron chi connectivity index (χ0n) is 8.26. The molecule has 2 aromatic carbocycles. The number of rotatable bonds is 2. The monoisotopic (exact) mass is 204 g/mol. The first kappa shape index (κ1) is 9.54. The maximum absolute atomic E-state index is 5.92. The van der Waals surface area contributed by atoms with Crippen LogP contribution in [0.5, 0.6) is 0 Å². The smallest absolute Gasteiger partial charge is 0.0412 e. The van der Waals surface area contributed by atoms with E-state index in [0.717, 1.165) is 11.4 Å². The molecule has 0 N–H and O–H groups in total. The second-order valence-electron chi connectivity index (χ2n) is 3.58. The highest BCUT2D eigenvalue weighted by molar-refractivity contribution is 6.31. The lowest BCUT2D eigenvalue weighted by atomic mass is 10.0. The topological polar surface area (TPSA) is 0 Å². The summed E-state index contributed by atoms with van der Waals surface area (Å²) in [5.41, 5.74) is 1.40. The van der Waals surface area contributed by atoms with Gasteiger partial charge in [0, 0.05) is 5.02 Å². The molecular weight excluding hydrogens is 192 g/mol. The van der Waals surface area contributed by atoms with Crippen LogP contribution in [-0.4, -0.2) is 0 Å². The van der Waals surface area contributed by atoms with Gasteiger partial charge < -0.3 is 0 Å². The zero-order chi connectivity index (χ0) is 9.97. The van der Waals surface area contributed by atoms with Gasteiger partial charge in [0.05, 0.1) is 0 Å². The molecule has 0 aliphatic rings. The lowest BCUT2D eigenvalue weighted by molar-refractivity contribution is 0.924. The van der Waals surface area contributed by atoms with Gasteiger partial charge in [-0.15, -0.1) is 0 Å². The highest BCUT2D eigenvalue weighted by Crippen LogP contribution is 2.20. The Balaban J connectivity index is 2.50. The van der Waals surface area contributed by atoms with E-state index in [-0.39, 0.29) is 0 Å². The molecule has 14 heavy (non-hydrogen) atoms. The lowest BCUT2D eigenvalue weighted by Gasteiger charge is -2.02. The van der Waals surface area contributed by atoms with Crippen molar-refractivity contribution >= 4 is 22.4 Å². The SMILES string of the molecule is CCCc1ccc2cc(Cl)ccc2c1. The third kappa shape index (κ3) is 1.91. The Labute approximate surface area is 89.5 Å². The third-order valence-corrected chi connectivity index (χ3v) is 2.64. The number of hydrogen-bond donors (Lipinski definition) is 0. The molecule has 0 saturated heterocycles. The van der Waals surface area contributed by atoms with E-state index in [9.17, 15) is 0 Å². The molecule has 0 aliphatic heterocycles. The van der Waals surface area contributed by atoms with Crippen LogP contribution in [0.15, 0.2) is 36.4 Å². The fourth-order valence-electron chi connectivity index (χ4n) is 1.71. The average Bonchev–Trinajstić information content (AvgIpc) is 2.19. The van der Waals surface area contributed by atoms with Crippen molar-refractivity contribution in [2.75, 3.05) is 0 Å². The van der Waals surface area contributed by atoms with Gasteiger partial charge in [0.15, 0.2) is 0 Å². The molecule has 0 spiro atoms. The van der Waals surface area contributed by atoms with Gasteiger partial charge in [-0.25, -0.2) is 0 Å². The summed E-state index contributed by atoms with van der Waals surface area (Å²) in [6.07, 6.45) is 2.34. The first-order chi connectivity index (χ1) is 6.79. The van der Waals surface area contributed by atoms with E-state index in [2.05, 4.69) is 31.2 Å². The van der Waals surface area contributed by atoms with Crippen LogP contribution >= 0.6 is 11.6 Å². The van der Waals surface area contributed by atoms with Crippen LogP contribution in [-0.2, 0) is 6.42 Å². The molecule has 2 rings (SSSR count). The van der Waals surface area contributed by atoms with Crippen LogP contribution in [0.2, 0.25) is 5.02 Å². The summed E-state index contributed by atoms with van der Waals surface area (Å²) in [6.45, 7) is 2.20. The molecule has 0 atom stereocenters. The summed E-state index contributed by atoms with van der Waals surface area (Å²) in [7, 11) is 0. The van der Waals surface area contributed by atoms with Gasteiger partial charge in [-0.05, 0) is 34.9 Å². The van der Waals surface area contributed by atoms with Crippen molar-refractivity contribution in [1.82, 2.24) is 0 Å². The fraction of sp³-hybridized carbons (Fsp3) is 0.231.